The van der Waals surface area contributed by atoms with E-state index in [0.29, 0.717) is 12.0 Å². The number of nitrogens with zero attached hydrogens (tertiary/aromatic N) is 3. The summed E-state index contributed by atoms with van der Waals surface area (Å²) in [6.07, 6.45) is 0.838. The predicted octanol–water partition coefficient (Wildman–Crippen LogP) is 6.11. The summed E-state index contributed by atoms with van der Waals surface area (Å²) in [6, 6.07) is 28.0. The number of nitro groups is 1. The van der Waals surface area contributed by atoms with Crippen LogP contribution >= 0.6 is 15.9 Å². The summed E-state index contributed by atoms with van der Waals surface area (Å²) in [6.45, 7) is 3.09. The molecule has 4 rings (SSSR count). The van der Waals surface area contributed by atoms with Gasteiger partial charge in [-0.25, -0.2) is 8.42 Å². The van der Waals surface area contributed by atoms with Crippen molar-refractivity contribution in [2.45, 2.75) is 50.2 Å². The highest BCUT2D eigenvalue weighted by Gasteiger charge is 2.35. The summed E-state index contributed by atoms with van der Waals surface area (Å²) in [4.78, 5) is 40.7. The molecular formula is C34H35BrN4O6S. The van der Waals surface area contributed by atoms with E-state index < -0.39 is 33.4 Å². The van der Waals surface area contributed by atoms with Gasteiger partial charge in [0.2, 0.25) is 11.8 Å². The summed E-state index contributed by atoms with van der Waals surface area (Å²) in [5.41, 5.74) is 1.13. The second-order valence-corrected chi connectivity index (χ2v) is 13.6. The van der Waals surface area contributed by atoms with Gasteiger partial charge in [0.25, 0.3) is 15.7 Å². The van der Waals surface area contributed by atoms with E-state index in [-0.39, 0.29) is 41.2 Å². The monoisotopic (exact) mass is 706 g/mol. The molecule has 12 heteroatoms. The molecule has 4 aromatic carbocycles. The second kappa shape index (κ2) is 15.6. The van der Waals surface area contributed by atoms with Gasteiger partial charge in [0.1, 0.15) is 12.6 Å². The summed E-state index contributed by atoms with van der Waals surface area (Å²) < 4.78 is 29.7. The van der Waals surface area contributed by atoms with Gasteiger partial charge in [-0.2, -0.15) is 0 Å². The van der Waals surface area contributed by atoms with E-state index in [1.54, 1.807) is 18.2 Å². The highest BCUT2D eigenvalue weighted by Crippen LogP contribution is 2.28. The SMILES string of the molecule is CCC(C)NC(=O)C(Cc1ccccc1)N(Cc1cccc(Br)c1)C(=O)CN(c1cccc([N+](=O)[O-])c1)S(=O)(=O)c1ccccc1. The van der Waals surface area contributed by atoms with Gasteiger partial charge in [-0.15, -0.1) is 0 Å². The molecule has 46 heavy (non-hydrogen) atoms. The van der Waals surface area contributed by atoms with Crippen molar-refractivity contribution in [3.05, 3.63) is 135 Å². The lowest BCUT2D eigenvalue weighted by Gasteiger charge is -2.34. The molecule has 2 unspecified atom stereocenters. The van der Waals surface area contributed by atoms with E-state index in [0.717, 1.165) is 20.4 Å². The first-order valence-electron chi connectivity index (χ1n) is 14.7. The quantitative estimate of drug-likeness (QED) is 0.124. The van der Waals surface area contributed by atoms with E-state index in [4.69, 9.17) is 0 Å². The van der Waals surface area contributed by atoms with Crippen LogP contribution in [0.25, 0.3) is 0 Å². The summed E-state index contributed by atoms with van der Waals surface area (Å²) in [7, 11) is -4.38. The van der Waals surface area contributed by atoms with Crippen LogP contribution in [0.1, 0.15) is 31.4 Å². The van der Waals surface area contributed by atoms with Gasteiger partial charge in [-0.05, 0) is 54.8 Å². The summed E-state index contributed by atoms with van der Waals surface area (Å²) in [5, 5.41) is 14.6. The fourth-order valence-corrected chi connectivity index (χ4v) is 6.71. The van der Waals surface area contributed by atoms with Crippen LogP contribution in [0.4, 0.5) is 11.4 Å². The molecule has 0 aliphatic rings. The minimum atomic E-state index is -4.38. The van der Waals surface area contributed by atoms with Crippen molar-refractivity contribution >= 4 is 49.1 Å². The molecule has 4 aromatic rings. The van der Waals surface area contributed by atoms with Crippen molar-refractivity contribution < 1.29 is 22.9 Å². The Bertz CT molecular complexity index is 1770. The standard InChI is InChI=1S/C34H35BrN4O6S/c1-3-25(2)36-34(41)32(21-26-12-6-4-7-13-26)37(23-27-14-10-15-28(35)20-27)33(40)24-38(29-16-11-17-30(22-29)39(42)43)46(44,45)31-18-8-5-9-19-31/h4-20,22,25,32H,3,21,23-24H2,1-2H3,(H,36,41). The lowest BCUT2D eigenvalue weighted by atomic mass is 10.0. The fraction of sp³-hybridized carbons (Fsp3) is 0.235. The Kier molecular flexibility index (Phi) is 11.7. The fourth-order valence-electron chi connectivity index (χ4n) is 4.84. The van der Waals surface area contributed by atoms with Gasteiger partial charge >= 0.3 is 0 Å². The molecule has 0 aliphatic carbocycles. The molecule has 1 N–H and O–H groups in total. The Morgan fingerprint density at radius 3 is 2.15 bits per heavy atom. The van der Waals surface area contributed by atoms with Crippen molar-refractivity contribution in [1.82, 2.24) is 10.2 Å². The number of non-ortho nitro benzene ring substituents is 1. The number of amides is 2. The van der Waals surface area contributed by atoms with E-state index >= 15 is 0 Å². The molecule has 0 spiro atoms. The number of rotatable bonds is 14. The normalized spacial score (nSPS) is 12.5. The molecule has 0 heterocycles. The Morgan fingerprint density at radius 2 is 1.52 bits per heavy atom. The lowest BCUT2D eigenvalue weighted by molar-refractivity contribution is -0.384. The highest BCUT2D eigenvalue weighted by atomic mass is 79.9. The van der Waals surface area contributed by atoms with Gasteiger partial charge < -0.3 is 10.2 Å². The smallest absolute Gasteiger partial charge is 0.271 e. The molecule has 0 radical (unpaired) electrons. The zero-order chi connectivity index (χ0) is 33.3. The lowest BCUT2D eigenvalue weighted by Crippen LogP contribution is -2.54. The average Bonchev–Trinajstić information content (AvgIpc) is 3.05. The number of anilines is 1. The zero-order valence-corrected chi connectivity index (χ0v) is 27.9. The van der Waals surface area contributed by atoms with Crippen LogP contribution in [-0.4, -0.2) is 48.7 Å². The van der Waals surface area contributed by atoms with Gasteiger partial charge in [-0.3, -0.25) is 24.0 Å². The maximum atomic E-state index is 14.5. The Hall–Kier alpha value is -4.55. The van der Waals surface area contributed by atoms with E-state index in [1.807, 2.05) is 68.4 Å². The molecule has 0 bridgehead atoms. The van der Waals surface area contributed by atoms with Crippen LogP contribution < -0.4 is 9.62 Å². The molecule has 10 nitrogen and oxygen atoms in total. The minimum Gasteiger partial charge on any atom is -0.352 e. The van der Waals surface area contributed by atoms with Crippen LogP contribution in [0.15, 0.2) is 119 Å². The van der Waals surface area contributed by atoms with E-state index in [2.05, 4.69) is 21.2 Å². The van der Waals surface area contributed by atoms with Crippen LogP contribution in [0.5, 0.6) is 0 Å². The van der Waals surface area contributed by atoms with Crippen LogP contribution in [0.3, 0.4) is 0 Å². The molecule has 0 saturated heterocycles. The first kappa shape index (κ1) is 34.3. The minimum absolute atomic E-state index is 0.00212. The first-order chi connectivity index (χ1) is 22.0. The molecule has 2 atom stereocenters. The number of benzene rings is 4. The number of sulfonamides is 1. The molecule has 0 aromatic heterocycles. The summed E-state index contributed by atoms with van der Waals surface area (Å²) >= 11 is 3.47. The topological polar surface area (TPSA) is 130 Å². The van der Waals surface area contributed by atoms with Crippen LogP contribution in [0.2, 0.25) is 0 Å². The second-order valence-electron chi connectivity index (χ2n) is 10.8. The van der Waals surface area contributed by atoms with Crippen molar-refractivity contribution in [3.8, 4) is 0 Å². The Labute approximate surface area is 277 Å². The van der Waals surface area contributed by atoms with Crippen LogP contribution in [-0.2, 0) is 32.6 Å². The van der Waals surface area contributed by atoms with E-state index in [1.165, 1.54) is 35.2 Å². The van der Waals surface area contributed by atoms with Crippen molar-refractivity contribution in [2.75, 3.05) is 10.8 Å². The maximum Gasteiger partial charge on any atom is 0.271 e. The molecule has 0 saturated carbocycles. The number of carbonyl (C=O) groups excluding carboxylic acids is 2. The third-order valence-electron chi connectivity index (χ3n) is 7.45. The number of hydrogen-bond acceptors (Lipinski definition) is 6. The zero-order valence-electron chi connectivity index (χ0n) is 25.5. The predicted molar refractivity (Wildman–Crippen MR) is 181 cm³/mol. The third kappa shape index (κ3) is 8.79. The van der Waals surface area contributed by atoms with Gasteiger partial charge in [0, 0.05) is 35.6 Å². The average molecular weight is 708 g/mol. The van der Waals surface area contributed by atoms with Gasteiger partial charge in [0.15, 0.2) is 0 Å². The number of halogens is 1. The Morgan fingerprint density at radius 1 is 0.891 bits per heavy atom. The molecule has 0 aliphatic heterocycles. The number of nitrogens with one attached hydrogen (secondary N) is 1. The number of nitro benzene ring substituents is 1. The maximum absolute atomic E-state index is 14.5. The van der Waals surface area contributed by atoms with Gasteiger partial charge in [-0.1, -0.05) is 89.6 Å². The molecule has 2 amide bonds. The molecule has 0 fully saturated rings. The highest BCUT2D eigenvalue weighted by molar-refractivity contribution is 9.10. The summed E-state index contributed by atoms with van der Waals surface area (Å²) in [5.74, 6) is -1.04. The van der Waals surface area contributed by atoms with Crippen molar-refractivity contribution in [3.63, 3.8) is 0 Å². The number of hydrogen-bond donors (Lipinski definition) is 1. The Balaban J connectivity index is 1.83. The van der Waals surface area contributed by atoms with Crippen molar-refractivity contribution in [2.24, 2.45) is 0 Å². The molecule has 240 valence electrons. The van der Waals surface area contributed by atoms with Gasteiger partial charge in [0.05, 0.1) is 15.5 Å². The number of carbonyl (C=O) groups is 2. The first-order valence-corrected chi connectivity index (χ1v) is 16.9. The third-order valence-corrected chi connectivity index (χ3v) is 9.73. The van der Waals surface area contributed by atoms with E-state index in [9.17, 15) is 28.1 Å². The van der Waals surface area contributed by atoms with Crippen molar-refractivity contribution in [1.29, 1.82) is 0 Å². The molecular weight excluding hydrogens is 672 g/mol. The largest absolute Gasteiger partial charge is 0.352 e. The van der Waals surface area contributed by atoms with Crippen LogP contribution in [0, 0.1) is 10.1 Å².